The summed E-state index contributed by atoms with van der Waals surface area (Å²) in [5.74, 6) is 0.158. The highest BCUT2D eigenvalue weighted by Gasteiger charge is 2.28. The number of ether oxygens (including phenoxy) is 1. The molecule has 0 radical (unpaired) electrons. The SMILES string of the molecule is CCOC(=O)c1cccnc1NC1CC(O)C1. The predicted molar refractivity (Wildman–Crippen MR) is 62.8 cm³/mol. The first-order chi connectivity index (χ1) is 8.20. The molecule has 1 fully saturated rings. The van der Waals surface area contributed by atoms with Gasteiger partial charge in [-0.1, -0.05) is 0 Å². The number of rotatable bonds is 4. The number of nitrogens with one attached hydrogen (secondary N) is 1. The number of hydrogen-bond acceptors (Lipinski definition) is 5. The van der Waals surface area contributed by atoms with Crippen molar-refractivity contribution in [3.05, 3.63) is 23.9 Å². The number of carbonyl (C=O) groups is 1. The molecule has 0 unspecified atom stereocenters. The summed E-state index contributed by atoms with van der Waals surface area (Å²) in [5, 5.41) is 12.4. The number of aliphatic hydroxyl groups excluding tert-OH is 1. The molecular weight excluding hydrogens is 220 g/mol. The highest BCUT2D eigenvalue weighted by molar-refractivity contribution is 5.94. The molecule has 92 valence electrons. The van der Waals surface area contributed by atoms with Gasteiger partial charge in [0.05, 0.1) is 12.7 Å². The summed E-state index contributed by atoms with van der Waals surface area (Å²) in [7, 11) is 0. The maximum Gasteiger partial charge on any atom is 0.341 e. The normalized spacial score (nSPS) is 22.7. The van der Waals surface area contributed by atoms with Crippen LogP contribution in [0.4, 0.5) is 5.82 Å². The van der Waals surface area contributed by atoms with Crippen LogP contribution in [-0.2, 0) is 4.74 Å². The van der Waals surface area contributed by atoms with Crippen LogP contribution in [0.5, 0.6) is 0 Å². The average molecular weight is 236 g/mol. The Morgan fingerprint density at radius 3 is 3.06 bits per heavy atom. The van der Waals surface area contributed by atoms with E-state index in [9.17, 15) is 9.90 Å². The maximum atomic E-state index is 11.7. The van der Waals surface area contributed by atoms with Crippen LogP contribution in [0.15, 0.2) is 18.3 Å². The Morgan fingerprint density at radius 1 is 1.65 bits per heavy atom. The first-order valence-corrected chi connectivity index (χ1v) is 5.77. The number of nitrogens with zero attached hydrogens (tertiary/aromatic N) is 1. The Labute approximate surface area is 99.8 Å². The molecule has 17 heavy (non-hydrogen) atoms. The van der Waals surface area contributed by atoms with Gasteiger partial charge in [0, 0.05) is 12.2 Å². The minimum Gasteiger partial charge on any atom is -0.462 e. The zero-order chi connectivity index (χ0) is 12.3. The van der Waals surface area contributed by atoms with Gasteiger partial charge in [0.2, 0.25) is 0 Å². The topological polar surface area (TPSA) is 71.5 Å². The lowest BCUT2D eigenvalue weighted by Gasteiger charge is -2.32. The number of aromatic nitrogens is 1. The first-order valence-electron chi connectivity index (χ1n) is 5.77. The van der Waals surface area contributed by atoms with E-state index in [4.69, 9.17) is 4.74 Å². The van der Waals surface area contributed by atoms with Crippen molar-refractivity contribution < 1.29 is 14.6 Å². The van der Waals surface area contributed by atoms with Gasteiger partial charge >= 0.3 is 5.97 Å². The number of aliphatic hydroxyl groups is 1. The van der Waals surface area contributed by atoms with E-state index in [0.717, 1.165) is 0 Å². The van der Waals surface area contributed by atoms with Gasteiger partial charge in [0.25, 0.3) is 0 Å². The molecule has 0 atom stereocenters. The van der Waals surface area contributed by atoms with Crippen molar-refractivity contribution in [2.24, 2.45) is 0 Å². The third-order valence-corrected chi connectivity index (χ3v) is 2.76. The van der Waals surface area contributed by atoms with Gasteiger partial charge in [0.1, 0.15) is 11.4 Å². The lowest BCUT2D eigenvalue weighted by Crippen LogP contribution is -2.39. The highest BCUT2D eigenvalue weighted by Crippen LogP contribution is 2.24. The minimum atomic E-state index is -0.372. The second kappa shape index (κ2) is 5.14. The summed E-state index contributed by atoms with van der Waals surface area (Å²) in [6.07, 6.45) is 2.78. The van der Waals surface area contributed by atoms with E-state index in [2.05, 4.69) is 10.3 Å². The fourth-order valence-corrected chi connectivity index (χ4v) is 1.79. The molecule has 1 aromatic rings. The monoisotopic (exact) mass is 236 g/mol. The fraction of sp³-hybridized carbons (Fsp3) is 0.500. The van der Waals surface area contributed by atoms with Gasteiger partial charge in [0.15, 0.2) is 0 Å². The molecule has 1 aromatic heterocycles. The van der Waals surface area contributed by atoms with Crippen LogP contribution in [0.25, 0.3) is 0 Å². The second-order valence-electron chi connectivity index (χ2n) is 4.09. The molecule has 0 amide bonds. The predicted octanol–water partition coefficient (Wildman–Crippen LogP) is 1.19. The van der Waals surface area contributed by atoms with E-state index in [0.29, 0.717) is 30.8 Å². The molecule has 0 saturated heterocycles. The third-order valence-electron chi connectivity index (χ3n) is 2.76. The minimum absolute atomic E-state index is 0.188. The van der Waals surface area contributed by atoms with Crippen LogP contribution in [0, 0.1) is 0 Å². The average Bonchev–Trinajstić information content (AvgIpc) is 2.28. The van der Waals surface area contributed by atoms with E-state index >= 15 is 0 Å². The fourth-order valence-electron chi connectivity index (χ4n) is 1.79. The van der Waals surface area contributed by atoms with Gasteiger partial charge in [-0.3, -0.25) is 0 Å². The summed E-state index contributed by atoms with van der Waals surface area (Å²) in [4.78, 5) is 15.8. The molecule has 0 spiro atoms. The van der Waals surface area contributed by atoms with Crippen molar-refractivity contribution in [3.8, 4) is 0 Å². The van der Waals surface area contributed by atoms with Crippen molar-refractivity contribution in [1.82, 2.24) is 4.98 Å². The van der Waals surface area contributed by atoms with Crippen LogP contribution in [0.3, 0.4) is 0 Å². The Bertz CT molecular complexity index is 402. The lowest BCUT2D eigenvalue weighted by molar-refractivity contribution is 0.0526. The Hall–Kier alpha value is -1.62. The van der Waals surface area contributed by atoms with E-state index in [1.807, 2.05) is 0 Å². The number of pyridine rings is 1. The smallest absolute Gasteiger partial charge is 0.341 e. The zero-order valence-electron chi connectivity index (χ0n) is 9.72. The molecule has 2 N–H and O–H groups in total. The van der Waals surface area contributed by atoms with Crippen LogP contribution < -0.4 is 5.32 Å². The molecular formula is C12H16N2O3. The largest absolute Gasteiger partial charge is 0.462 e. The van der Waals surface area contributed by atoms with Crippen LogP contribution in [0.1, 0.15) is 30.1 Å². The lowest BCUT2D eigenvalue weighted by atomic mass is 9.89. The van der Waals surface area contributed by atoms with Gasteiger partial charge in [-0.2, -0.15) is 0 Å². The molecule has 0 aromatic carbocycles. The molecule has 2 rings (SSSR count). The molecule has 5 nitrogen and oxygen atoms in total. The molecule has 1 aliphatic carbocycles. The van der Waals surface area contributed by atoms with E-state index < -0.39 is 0 Å². The van der Waals surface area contributed by atoms with Gasteiger partial charge in [-0.05, 0) is 31.9 Å². The number of anilines is 1. The number of hydrogen-bond donors (Lipinski definition) is 2. The van der Waals surface area contributed by atoms with Gasteiger partial charge in [-0.15, -0.1) is 0 Å². The summed E-state index contributed by atoms with van der Waals surface area (Å²) in [5.41, 5.74) is 0.440. The van der Waals surface area contributed by atoms with E-state index in [-0.39, 0.29) is 18.1 Å². The van der Waals surface area contributed by atoms with Crippen LogP contribution in [-0.4, -0.2) is 34.8 Å². The number of carbonyl (C=O) groups excluding carboxylic acids is 1. The molecule has 1 saturated carbocycles. The van der Waals surface area contributed by atoms with Crippen molar-refractivity contribution in [3.63, 3.8) is 0 Å². The standard InChI is InChI=1S/C12H16N2O3/c1-2-17-12(16)10-4-3-5-13-11(10)14-8-6-9(15)7-8/h3-5,8-9,15H,2,6-7H2,1H3,(H,13,14). The summed E-state index contributed by atoms with van der Waals surface area (Å²) in [6, 6.07) is 3.57. The molecule has 1 heterocycles. The van der Waals surface area contributed by atoms with Crippen molar-refractivity contribution >= 4 is 11.8 Å². The molecule has 5 heteroatoms. The Kier molecular flexibility index (Phi) is 3.58. The number of esters is 1. The first kappa shape index (κ1) is 11.9. The van der Waals surface area contributed by atoms with Gasteiger partial charge in [-0.25, -0.2) is 9.78 Å². The quantitative estimate of drug-likeness (QED) is 0.768. The van der Waals surface area contributed by atoms with Crippen molar-refractivity contribution in [1.29, 1.82) is 0 Å². The summed E-state index contributed by atoms with van der Waals surface area (Å²) < 4.78 is 4.95. The van der Waals surface area contributed by atoms with E-state index in [1.54, 1.807) is 25.3 Å². The Balaban J connectivity index is 2.07. The van der Waals surface area contributed by atoms with Crippen molar-refractivity contribution in [2.75, 3.05) is 11.9 Å². The molecule has 0 bridgehead atoms. The highest BCUT2D eigenvalue weighted by atomic mass is 16.5. The van der Waals surface area contributed by atoms with Crippen molar-refractivity contribution in [2.45, 2.75) is 31.9 Å². The zero-order valence-corrected chi connectivity index (χ0v) is 9.72. The molecule has 1 aliphatic rings. The van der Waals surface area contributed by atoms with Crippen LogP contribution in [0.2, 0.25) is 0 Å². The summed E-state index contributed by atoms with van der Waals surface area (Å²) in [6.45, 7) is 2.11. The molecule has 0 aliphatic heterocycles. The third kappa shape index (κ3) is 2.74. The Morgan fingerprint density at radius 2 is 2.41 bits per heavy atom. The maximum absolute atomic E-state index is 11.7. The van der Waals surface area contributed by atoms with Crippen LogP contribution >= 0.6 is 0 Å². The van der Waals surface area contributed by atoms with E-state index in [1.165, 1.54) is 0 Å². The summed E-state index contributed by atoms with van der Waals surface area (Å²) >= 11 is 0. The van der Waals surface area contributed by atoms with Gasteiger partial charge < -0.3 is 15.2 Å². The second-order valence-corrected chi connectivity index (χ2v) is 4.09.